The van der Waals surface area contributed by atoms with Gasteiger partial charge in [-0.05, 0) is 12.2 Å². The molecule has 0 aliphatic carbocycles. The number of nitriles is 3. The standard InChI is InChI=1S/C8H16N.C4HN3/c1-5-7-9(3,4)8-6-2;5-1-4(2-6)3-7/h5-6H,1-2,7-8H2,3-4H3;4H/q+1;. The Kier molecular flexibility index (Phi) is 9.67. The van der Waals surface area contributed by atoms with Gasteiger partial charge in [-0.3, -0.25) is 0 Å². The van der Waals surface area contributed by atoms with Crippen molar-refractivity contribution in [1.29, 1.82) is 15.8 Å². The fourth-order valence-corrected chi connectivity index (χ4v) is 0.860. The summed E-state index contributed by atoms with van der Waals surface area (Å²) in [5, 5.41) is 23.5. The van der Waals surface area contributed by atoms with Crippen molar-refractivity contribution in [1.82, 2.24) is 0 Å². The lowest BCUT2D eigenvalue weighted by molar-refractivity contribution is -0.878. The van der Waals surface area contributed by atoms with Crippen LogP contribution in [0.15, 0.2) is 25.3 Å². The number of rotatable bonds is 4. The van der Waals surface area contributed by atoms with Crippen LogP contribution in [0.5, 0.6) is 0 Å². The molecule has 0 N–H and O–H groups in total. The number of likely N-dealkylation sites (N-methyl/N-ethyl adjacent to an activating group) is 1. The van der Waals surface area contributed by atoms with Gasteiger partial charge in [-0.15, -0.1) is 0 Å². The fourth-order valence-electron chi connectivity index (χ4n) is 0.860. The smallest absolute Gasteiger partial charge is 0.218 e. The molecule has 0 atom stereocenters. The van der Waals surface area contributed by atoms with E-state index in [4.69, 9.17) is 15.8 Å². The molecule has 0 saturated carbocycles. The van der Waals surface area contributed by atoms with Crippen LogP contribution in [0.3, 0.4) is 0 Å². The molecule has 0 saturated heterocycles. The summed E-state index contributed by atoms with van der Waals surface area (Å²) < 4.78 is 0.951. The summed E-state index contributed by atoms with van der Waals surface area (Å²) in [6, 6.07) is 4.44. The maximum absolute atomic E-state index is 7.83. The van der Waals surface area contributed by atoms with Crippen LogP contribution in [0.25, 0.3) is 0 Å². The first-order valence-electron chi connectivity index (χ1n) is 4.70. The van der Waals surface area contributed by atoms with Gasteiger partial charge in [0.05, 0.1) is 45.4 Å². The van der Waals surface area contributed by atoms with Gasteiger partial charge in [0.1, 0.15) is 0 Å². The molecule has 4 heteroatoms. The molecule has 0 aromatic carbocycles. The van der Waals surface area contributed by atoms with Crippen LogP contribution in [0.2, 0.25) is 0 Å². The van der Waals surface area contributed by atoms with E-state index < -0.39 is 5.92 Å². The first-order chi connectivity index (χ1) is 7.47. The SMILES string of the molecule is C=CC[N+](C)(C)CC=C.N#CC(C#N)C#N. The van der Waals surface area contributed by atoms with E-state index in [0.717, 1.165) is 17.6 Å². The number of hydrogen-bond acceptors (Lipinski definition) is 3. The van der Waals surface area contributed by atoms with E-state index in [1.807, 2.05) is 12.2 Å². The Hall–Kier alpha value is -2.09. The molecule has 4 nitrogen and oxygen atoms in total. The van der Waals surface area contributed by atoms with Crippen LogP contribution in [0.4, 0.5) is 0 Å². The van der Waals surface area contributed by atoms with Gasteiger partial charge < -0.3 is 4.48 Å². The van der Waals surface area contributed by atoms with Crippen molar-refractivity contribution in [2.24, 2.45) is 5.92 Å². The van der Waals surface area contributed by atoms with Crippen LogP contribution in [0, 0.1) is 39.9 Å². The van der Waals surface area contributed by atoms with E-state index in [0.29, 0.717) is 0 Å². The Morgan fingerprint density at radius 2 is 1.31 bits per heavy atom. The predicted molar refractivity (Wildman–Crippen MR) is 62.6 cm³/mol. The minimum atomic E-state index is -1.10. The van der Waals surface area contributed by atoms with Crippen LogP contribution < -0.4 is 0 Å². The van der Waals surface area contributed by atoms with Crippen LogP contribution in [0.1, 0.15) is 0 Å². The summed E-state index contributed by atoms with van der Waals surface area (Å²) in [4.78, 5) is 0. The number of hydrogen-bond donors (Lipinski definition) is 0. The van der Waals surface area contributed by atoms with Gasteiger partial charge in [0.2, 0.25) is 5.92 Å². The molecule has 0 aromatic heterocycles. The molecule has 0 bridgehead atoms. The Morgan fingerprint density at radius 3 is 1.44 bits per heavy atom. The lowest BCUT2D eigenvalue weighted by atomic mass is 10.2. The molecule has 0 unspecified atom stereocenters. The monoisotopic (exact) mass is 217 g/mol. The lowest BCUT2D eigenvalue weighted by Crippen LogP contribution is -2.39. The third kappa shape index (κ3) is 9.99. The Bertz CT molecular complexity index is 290. The highest BCUT2D eigenvalue weighted by Gasteiger charge is 2.07. The zero-order chi connectivity index (χ0) is 13.0. The fraction of sp³-hybridized carbons (Fsp3) is 0.417. The molecule has 0 radical (unpaired) electrons. The van der Waals surface area contributed by atoms with Crippen molar-refractivity contribution in [3.05, 3.63) is 25.3 Å². The molecule has 0 spiro atoms. The normalized spacial score (nSPS) is 8.75. The molecule has 0 aliphatic rings. The van der Waals surface area contributed by atoms with E-state index in [9.17, 15) is 0 Å². The van der Waals surface area contributed by atoms with Crippen molar-refractivity contribution in [2.45, 2.75) is 0 Å². The van der Waals surface area contributed by atoms with E-state index >= 15 is 0 Å². The first-order valence-corrected chi connectivity index (χ1v) is 4.70. The Balaban J connectivity index is 0. The van der Waals surface area contributed by atoms with Gasteiger partial charge in [0.25, 0.3) is 0 Å². The summed E-state index contributed by atoms with van der Waals surface area (Å²) in [6.45, 7) is 9.37. The first kappa shape index (κ1) is 16.3. The van der Waals surface area contributed by atoms with Gasteiger partial charge in [0.15, 0.2) is 0 Å². The molecule has 0 rings (SSSR count). The highest BCUT2D eigenvalue weighted by molar-refractivity contribution is 5.11. The summed E-state index contributed by atoms with van der Waals surface area (Å²) in [5.41, 5.74) is 0. The maximum Gasteiger partial charge on any atom is 0.218 e. The van der Waals surface area contributed by atoms with Crippen molar-refractivity contribution in [2.75, 3.05) is 27.2 Å². The molecule has 16 heavy (non-hydrogen) atoms. The van der Waals surface area contributed by atoms with Crippen molar-refractivity contribution >= 4 is 0 Å². The molecule has 84 valence electrons. The average Bonchev–Trinajstić information content (AvgIpc) is 2.21. The zero-order valence-corrected chi connectivity index (χ0v) is 9.85. The second-order valence-electron chi connectivity index (χ2n) is 3.70. The van der Waals surface area contributed by atoms with Crippen LogP contribution in [-0.4, -0.2) is 31.7 Å². The molecular weight excluding hydrogens is 200 g/mol. The van der Waals surface area contributed by atoms with Crippen LogP contribution >= 0.6 is 0 Å². The minimum Gasteiger partial charge on any atom is -0.322 e. The molecule has 0 amide bonds. The second-order valence-corrected chi connectivity index (χ2v) is 3.70. The quantitative estimate of drug-likeness (QED) is 0.530. The summed E-state index contributed by atoms with van der Waals surface area (Å²) in [5.74, 6) is -1.10. The third-order valence-electron chi connectivity index (χ3n) is 1.63. The van der Waals surface area contributed by atoms with E-state index in [-0.39, 0.29) is 0 Å². The Labute approximate surface area is 97.5 Å². The van der Waals surface area contributed by atoms with E-state index in [1.54, 1.807) is 0 Å². The highest BCUT2D eigenvalue weighted by Crippen LogP contribution is 1.95. The minimum absolute atomic E-state index is 0.951. The number of nitrogens with zero attached hydrogens (tertiary/aromatic N) is 4. The third-order valence-corrected chi connectivity index (χ3v) is 1.63. The molecular formula is C12H17N4+. The molecule has 0 aromatic rings. The van der Waals surface area contributed by atoms with Gasteiger partial charge >= 0.3 is 0 Å². The van der Waals surface area contributed by atoms with Crippen molar-refractivity contribution in [3.63, 3.8) is 0 Å². The predicted octanol–water partition coefficient (Wildman–Crippen LogP) is 1.61. The topological polar surface area (TPSA) is 71.4 Å². The summed E-state index contributed by atoms with van der Waals surface area (Å²) >= 11 is 0. The molecule has 0 aliphatic heterocycles. The van der Waals surface area contributed by atoms with Gasteiger partial charge in [-0.2, -0.15) is 15.8 Å². The second kappa shape index (κ2) is 9.46. The van der Waals surface area contributed by atoms with Gasteiger partial charge in [-0.25, -0.2) is 0 Å². The van der Waals surface area contributed by atoms with Gasteiger partial charge in [0, 0.05) is 0 Å². The van der Waals surface area contributed by atoms with Crippen molar-refractivity contribution in [3.8, 4) is 18.2 Å². The lowest BCUT2D eigenvalue weighted by Gasteiger charge is -2.26. The molecule has 0 fully saturated rings. The van der Waals surface area contributed by atoms with E-state index in [1.165, 1.54) is 18.2 Å². The maximum atomic E-state index is 7.83. The Morgan fingerprint density at radius 1 is 1.00 bits per heavy atom. The summed E-state index contributed by atoms with van der Waals surface area (Å²) in [7, 11) is 4.31. The highest BCUT2D eigenvalue weighted by atomic mass is 15.3. The van der Waals surface area contributed by atoms with E-state index in [2.05, 4.69) is 27.3 Å². The van der Waals surface area contributed by atoms with Crippen molar-refractivity contribution < 1.29 is 4.48 Å². The molecule has 0 heterocycles. The van der Waals surface area contributed by atoms with Crippen LogP contribution in [-0.2, 0) is 0 Å². The zero-order valence-electron chi connectivity index (χ0n) is 9.85. The summed E-state index contributed by atoms with van der Waals surface area (Å²) in [6.07, 6.45) is 3.87. The van der Waals surface area contributed by atoms with Gasteiger partial charge in [-0.1, -0.05) is 13.2 Å². The number of quaternary nitrogens is 1. The largest absolute Gasteiger partial charge is 0.322 e. The average molecular weight is 217 g/mol.